The summed E-state index contributed by atoms with van der Waals surface area (Å²) >= 11 is 5.59. The Morgan fingerprint density at radius 1 is 1.33 bits per heavy atom. The molecule has 0 saturated carbocycles. The summed E-state index contributed by atoms with van der Waals surface area (Å²) in [5, 5.41) is 8.33. The van der Waals surface area contributed by atoms with E-state index in [4.69, 9.17) is 16.7 Å². The van der Waals surface area contributed by atoms with E-state index in [2.05, 4.69) is 0 Å². The maximum absolute atomic E-state index is 12.5. The van der Waals surface area contributed by atoms with Crippen LogP contribution < -0.4 is 0 Å². The van der Waals surface area contributed by atoms with Crippen LogP contribution in [0.2, 0.25) is 5.02 Å². The fourth-order valence-electron chi connectivity index (χ4n) is 1.65. The lowest BCUT2D eigenvalue weighted by molar-refractivity contribution is -0.139. The van der Waals surface area contributed by atoms with Crippen LogP contribution in [0.25, 0.3) is 0 Å². The highest BCUT2D eigenvalue weighted by atomic mass is 35.5. The molecule has 1 rings (SSSR count). The molecule has 0 unspecified atom stereocenters. The highest BCUT2D eigenvalue weighted by molar-refractivity contribution is 6.31. The number of alkyl halides is 3. The Kier molecular flexibility index (Phi) is 3.96. The zero-order chi connectivity index (χ0) is 14.1. The van der Waals surface area contributed by atoms with Gasteiger partial charge < -0.3 is 5.11 Å². The van der Waals surface area contributed by atoms with Gasteiger partial charge in [-0.2, -0.15) is 13.2 Å². The molecule has 100 valence electrons. The van der Waals surface area contributed by atoms with Crippen molar-refractivity contribution in [2.75, 3.05) is 0 Å². The van der Waals surface area contributed by atoms with Gasteiger partial charge in [0.2, 0.25) is 0 Å². The monoisotopic (exact) mass is 280 g/mol. The molecule has 0 aliphatic rings. The highest BCUT2D eigenvalue weighted by Crippen LogP contribution is 2.37. The molecule has 0 heterocycles. The summed E-state index contributed by atoms with van der Waals surface area (Å²) < 4.78 is 37.5. The van der Waals surface area contributed by atoms with E-state index in [1.807, 2.05) is 0 Å². The van der Waals surface area contributed by atoms with E-state index in [1.165, 1.54) is 12.1 Å². The summed E-state index contributed by atoms with van der Waals surface area (Å²) in [5.41, 5.74) is -1.23. The Hall–Kier alpha value is -1.23. The van der Waals surface area contributed by atoms with E-state index < -0.39 is 28.1 Å². The Morgan fingerprint density at radius 3 is 2.28 bits per heavy atom. The molecular formula is C12H12ClF3O2. The molecule has 18 heavy (non-hydrogen) atoms. The minimum atomic E-state index is -4.51. The van der Waals surface area contributed by atoms with Crippen LogP contribution in [-0.2, 0) is 16.4 Å². The van der Waals surface area contributed by atoms with Gasteiger partial charge in [-0.1, -0.05) is 31.5 Å². The summed E-state index contributed by atoms with van der Waals surface area (Å²) in [5.74, 6) is -1.02. The van der Waals surface area contributed by atoms with Crippen LogP contribution in [-0.4, -0.2) is 11.1 Å². The third-order valence-electron chi connectivity index (χ3n) is 2.65. The maximum Gasteiger partial charge on any atom is 0.417 e. The topological polar surface area (TPSA) is 37.3 Å². The SMILES string of the molecule is CC(C)(CC(=O)O)c1ccc(C(F)(F)F)c(Cl)c1. The molecule has 0 aliphatic carbocycles. The van der Waals surface area contributed by atoms with Gasteiger partial charge in [-0.05, 0) is 17.7 Å². The molecule has 0 bridgehead atoms. The van der Waals surface area contributed by atoms with Gasteiger partial charge in [0.15, 0.2) is 0 Å². The van der Waals surface area contributed by atoms with Gasteiger partial charge in [0.1, 0.15) is 0 Å². The molecule has 0 aliphatic heterocycles. The number of carboxylic acid groups (broad SMARTS) is 1. The van der Waals surface area contributed by atoms with Crippen molar-refractivity contribution in [3.63, 3.8) is 0 Å². The predicted octanol–water partition coefficient (Wildman–Crippen LogP) is 4.11. The molecule has 0 saturated heterocycles. The van der Waals surface area contributed by atoms with Crippen LogP contribution in [0.4, 0.5) is 13.2 Å². The van der Waals surface area contributed by atoms with Crippen molar-refractivity contribution in [1.29, 1.82) is 0 Å². The molecule has 0 spiro atoms. The zero-order valence-corrected chi connectivity index (χ0v) is 10.6. The minimum Gasteiger partial charge on any atom is -0.481 e. The van der Waals surface area contributed by atoms with Crippen molar-refractivity contribution in [3.05, 3.63) is 34.3 Å². The van der Waals surface area contributed by atoms with Gasteiger partial charge in [0.05, 0.1) is 17.0 Å². The van der Waals surface area contributed by atoms with Crippen LogP contribution in [0.3, 0.4) is 0 Å². The van der Waals surface area contributed by atoms with Gasteiger partial charge in [-0.15, -0.1) is 0 Å². The van der Waals surface area contributed by atoms with Gasteiger partial charge in [0, 0.05) is 5.41 Å². The number of carbonyl (C=O) groups is 1. The first-order valence-electron chi connectivity index (χ1n) is 5.13. The van der Waals surface area contributed by atoms with E-state index >= 15 is 0 Å². The first-order valence-corrected chi connectivity index (χ1v) is 5.51. The molecule has 0 atom stereocenters. The molecule has 2 nitrogen and oxygen atoms in total. The van der Waals surface area contributed by atoms with Gasteiger partial charge in [0.25, 0.3) is 0 Å². The molecule has 1 aromatic rings. The van der Waals surface area contributed by atoms with Crippen molar-refractivity contribution >= 4 is 17.6 Å². The molecule has 0 amide bonds. The lowest BCUT2D eigenvalue weighted by Gasteiger charge is -2.24. The van der Waals surface area contributed by atoms with Crippen molar-refractivity contribution in [3.8, 4) is 0 Å². The first-order chi connectivity index (χ1) is 8.04. The third kappa shape index (κ3) is 3.38. The number of halogens is 4. The zero-order valence-electron chi connectivity index (χ0n) is 9.81. The van der Waals surface area contributed by atoms with Gasteiger partial charge in [-0.25, -0.2) is 0 Å². The van der Waals surface area contributed by atoms with Gasteiger partial charge >= 0.3 is 12.1 Å². The lowest BCUT2D eigenvalue weighted by Crippen LogP contribution is -2.22. The van der Waals surface area contributed by atoms with Crippen molar-refractivity contribution in [2.24, 2.45) is 0 Å². The van der Waals surface area contributed by atoms with Crippen LogP contribution >= 0.6 is 11.6 Å². The number of hydrogen-bond donors (Lipinski definition) is 1. The summed E-state index contributed by atoms with van der Waals surface area (Å²) in [6.07, 6.45) is -4.69. The second-order valence-electron chi connectivity index (χ2n) is 4.65. The molecule has 1 aromatic carbocycles. The van der Waals surface area contributed by atoms with Crippen LogP contribution in [0.15, 0.2) is 18.2 Å². The summed E-state index contributed by atoms with van der Waals surface area (Å²) in [6, 6.07) is 3.31. The minimum absolute atomic E-state index is 0.186. The summed E-state index contributed by atoms with van der Waals surface area (Å²) in [6.45, 7) is 3.28. The van der Waals surface area contributed by atoms with E-state index in [9.17, 15) is 18.0 Å². The third-order valence-corrected chi connectivity index (χ3v) is 2.96. The summed E-state index contributed by atoms with van der Waals surface area (Å²) in [4.78, 5) is 10.7. The smallest absolute Gasteiger partial charge is 0.417 e. The number of aliphatic carboxylic acids is 1. The largest absolute Gasteiger partial charge is 0.481 e. The lowest BCUT2D eigenvalue weighted by atomic mass is 9.81. The van der Waals surface area contributed by atoms with E-state index in [1.54, 1.807) is 13.8 Å². The first kappa shape index (κ1) is 14.8. The maximum atomic E-state index is 12.5. The Labute approximate surface area is 107 Å². The number of hydrogen-bond acceptors (Lipinski definition) is 1. The highest BCUT2D eigenvalue weighted by Gasteiger charge is 2.34. The fraction of sp³-hybridized carbons (Fsp3) is 0.417. The number of rotatable bonds is 3. The number of carboxylic acids is 1. The van der Waals surface area contributed by atoms with Crippen molar-refractivity contribution in [1.82, 2.24) is 0 Å². The molecular weight excluding hydrogens is 269 g/mol. The van der Waals surface area contributed by atoms with E-state index in [0.717, 1.165) is 6.07 Å². The van der Waals surface area contributed by atoms with Crippen molar-refractivity contribution in [2.45, 2.75) is 31.9 Å². The number of benzene rings is 1. The average molecular weight is 281 g/mol. The van der Waals surface area contributed by atoms with Crippen LogP contribution in [0, 0.1) is 0 Å². The molecule has 0 fully saturated rings. The van der Waals surface area contributed by atoms with E-state index in [-0.39, 0.29) is 6.42 Å². The Balaban J connectivity index is 3.15. The van der Waals surface area contributed by atoms with Gasteiger partial charge in [-0.3, -0.25) is 4.79 Å². The van der Waals surface area contributed by atoms with E-state index in [0.29, 0.717) is 5.56 Å². The quantitative estimate of drug-likeness (QED) is 0.904. The Bertz CT molecular complexity index is 467. The standard InChI is InChI=1S/C12H12ClF3O2/c1-11(2,6-10(17)18)7-3-4-8(9(13)5-7)12(14,15)16/h3-5H,6H2,1-2H3,(H,17,18). The molecule has 0 radical (unpaired) electrons. The van der Waals surface area contributed by atoms with Crippen LogP contribution in [0.1, 0.15) is 31.4 Å². The van der Waals surface area contributed by atoms with Crippen LogP contribution in [0.5, 0.6) is 0 Å². The molecule has 6 heteroatoms. The fourth-order valence-corrected chi connectivity index (χ4v) is 1.93. The second-order valence-corrected chi connectivity index (χ2v) is 5.05. The average Bonchev–Trinajstić information content (AvgIpc) is 2.13. The Morgan fingerprint density at radius 2 is 1.89 bits per heavy atom. The molecule has 1 N–H and O–H groups in total. The second kappa shape index (κ2) is 4.80. The molecule has 0 aromatic heterocycles. The normalized spacial score (nSPS) is 12.6. The van der Waals surface area contributed by atoms with Crippen molar-refractivity contribution < 1.29 is 23.1 Å². The summed E-state index contributed by atoms with van der Waals surface area (Å²) in [7, 11) is 0. The predicted molar refractivity (Wildman–Crippen MR) is 61.7 cm³/mol.